The first-order valence-corrected chi connectivity index (χ1v) is 7.41. The maximum absolute atomic E-state index is 10.7. The van der Waals surface area contributed by atoms with Crippen LogP contribution in [0.2, 0.25) is 0 Å². The Kier molecular flexibility index (Phi) is 6.40. The number of carboxylic acid groups (broad SMARTS) is 1. The molecule has 0 atom stereocenters. The maximum atomic E-state index is 10.7. The van der Waals surface area contributed by atoms with Crippen LogP contribution in [0.3, 0.4) is 0 Å². The second-order valence-corrected chi connectivity index (χ2v) is 5.32. The number of carboxylic acids is 1. The van der Waals surface area contributed by atoms with E-state index in [2.05, 4.69) is 15.2 Å². The van der Waals surface area contributed by atoms with Crippen LogP contribution in [0, 0.1) is 0 Å². The summed E-state index contributed by atoms with van der Waals surface area (Å²) in [6.07, 6.45) is 4.93. The molecule has 0 N–H and O–H groups in total. The Labute approximate surface area is 158 Å². The van der Waals surface area contributed by atoms with Crippen LogP contribution in [0.5, 0.6) is 0 Å². The fourth-order valence-electron chi connectivity index (χ4n) is 1.93. The Morgan fingerprint density at radius 3 is 2.83 bits per heavy atom. The SMILES string of the molecule is O=C([O-])CSc1nnc(-c2cccnc2)n1Cc1ccco1.[Na+]. The zero-order chi connectivity index (χ0) is 15.4. The van der Waals surface area contributed by atoms with Crippen LogP contribution in [-0.4, -0.2) is 31.5 Å². The second-order valence-electron chi connectivity index (χ2n) is 4.37. The molecule has 0 fully saturated rings. The van der Waals surface area contributed by atoms with Crippen LogP contribution in [0.4, 0.5) is 0 Å². The van der Waals surface area contributed by atoms with Gasteiger partial charge in [-0.3, -0.25) is 9.55 Å². The van der Waals surface area contributed by atoms with Gasteiger partial charge in [-0.25, -0.2) is 0 Å². The Hall–Kier alpha value is -1.61. The van der Waals surface area contributed by atoms with Crippen molar-refractivity contribution >= 4 is 17.7 Å². The quantitative estimate of drug-likeness (QED) is 0.373. The number of hydrogen-bond donors (Lipinski definition) is 0. The van der Waals surface area contributed by atoms with Gasteiger partial charge in [0.05, 0.1) is 18.8 Å². The summed E-state index contributed by atoms with van der Waals surface area (Å²) in [6, 6.07) is 7.29. The average molecular weight is 338 g/mol. The summed E-state index contributed by atoms with van der Waals surface area (Å²) in [6.45, 7) is 0.402. The summed E-state index contributed by atoms with van der Waals surface area (Å²) in [5, 5.41) is 19.3. The first kappa shape index (κ1) is 17.7. The number of nitrogens with zero attached hydrogens (tertiary/aromatic N) is 4. The van der Waals surface area contributed by atoms with Gasteiger partial charge in [-0.1, -0.05) is 11.8 Å². The average Bonchev–Trinajstić information content (AvgIpc) is 3.16. The van der Waals surface area contributed by atoms with Gasteiger partial charge in [-0.05, 0) is 24.3 Å². The second kappa shape index (κ2) is 8.30. The summed E-state index contributed by atoms with van der Waals surface area (Å²) >= 11 is 1.06. The number of carbonyl (C=O) groups excluding carboxylic acids is 1. The van der Waals surface area contributed by atoms with E-state index >= 15 is 0 Å². The topological polar surface area (TPSA) is 96.9 Å². The van der Waals surface area contributed by atoms with Crippen molar-refractivity contribution in [3.8, 4) is 11.4 Å². The number of furan rings is 1. The van der Waals surface area contributed by atoms with E-state index in [9.17, 15) is 9.90 Å². The standard InChI is InChI=1S/C14H12N4O3S.Na/c19-12(20)9-22-14-17-16-13(10-3-1-5-15-7-10)18(14)8-11-4-2-6-21-11;/h1-7H,8-9H2,(H,19,20);/q;+1/p-1. The van der Waals surface area contributed by atoms with Crippen molar-refractivity contribution in [3.63, 3.8) is 0 Å². The molecule has 3 aromatic rings. The Morgan fingerprint density at radius 2 is 2.17 bits per heavy atom. The molecule has 3 aromatic heterocycles. The van der Waals surface area contributed by atoms with E-state index in [0.717, 1.165) is 23.1 Å². The van der Waals surface area contributed by atoms with Crippen molar-refractivity contribution in [1.82, 2.24) is 19.7 Å². The van der Waals surface area contributed by atoms with E-state index in [1.54, 1.807) is 35.4 Å². The van der Waals surface area contributed by atoms with Gasteiger partial charge in [0.1, 0.15) is 5.76 Å². The van der Waals surface area contributed by atoms with E-state index in [1.807, 2.05) is 12.1 Å². The van der Waals surface area contributed by atoms with E-state index in [-0.39, 0.29) is 35.3 Å². The monoisotopic (exact) mass is 338 g/mol. The van der Waals surface area contributed by atoms with Crippen LogP contribution in [0.1, 0.15) is 5.76 Å². The molecule has 3 heterocycles. The number of aliphatic carboxylic acids is 1. The molecule has 0 aromatic carbocycles. The van der Waals surface area contributed by atoms with Crippen molar-refractivity contribution in [2.75, 3.05) is 5.75 Å². The van der Waals surface area contributed by atoms with Crippen LogP contribution < -0.4 is 34.7 Å². The van der Waals surface area contributed by atoms with Crippen LogP contribution >= 0.6 is 11.8 Å². The minimum absolute atomic E-state index is 0. The van der Waals surface area contributed by atoms with Gasteiger partial charge in [-0.2, -0.15) is 0 Å². The summed E-state index contributed by atoms with van der Waals surface area (Å²) in [4.78, 5) is 14.7. The van der Waals surface area contributed by atoms with Crippen LogP contribution in [0.15, 0.2) is 52.5 Å². The predicted octanol–water partition coefficient (Wildman–Crippen LogP) is -2.17. The number of rotatable bonds is 6. The third kappa shape index (κ3) is 4.44. The van der Waals surface area contributed by atoms with E-state index in [4.69, 9.17) is 4.42 Å². The van der Waals surface area contributed by atoms with Gasteiger partial charge in [0.25, 0.3) is 0 Å². The summed E-state index contributed by atoms with van der Waals surface area (Å²) in [5.74, 6) is -0.0189. The minimum atomic E-state index is -1.15. The fraction of sp³-hybridized carbons (Fsp3) is 0.143. The molecule has 0 aliphatic carbocycles. The number of pyridine rings is 1. The largest absolute Gasteiger partial charge is 1.00 e. The van der Waals surface area contributed by atoms with Crippen LogP contribution in [-0.2, 0) is 11.3 Å². The van der Waals surface area contributed by atoms with Crippen LogP contribution in [0.25, 0.3) is 11.4 Å². The maximum Gasteiger partial charge on any atom is 1.00 e. The molecule has 0 amide bonds. The molecule has 112 valence electrons. The third-order valence-electron chi connectivity index (χ3n) is 2.85. The number of thioether (sulfide) groups is 1. The first-order chi connectivity index (χ1) is 10.7. The van der Waals surface area contributed by atoms with Gasteiger partial charge >= 0.3 is 29.6 Å². The molecule has 23 heavy (non-hydrogen) atoms. The normalized spacial score (nSPS) is 10.3. The number of aromatic nitrogens is 4. The van der Waals surface area contributed by atoms with E-state index in [1.165, 1.54) is 0 Å². The van der Waals surface area contributed by atoms with Crippen molar-refractivity contribution in [2.45, 2.75) is 11.7 Å². The molecule has 0 bridgehead atoms. The molecule has 7 nitrogen and oxygen atoms in total. The number of carbonyl (C=O) groups is 1. The summed E-state index contributed by atoms with van der Waals surface area (Å²) in [5.41, 5.74) is 0.793. The molecule has 0 spiro atoms. The minimum Gasteiger partial charge on any atom is -0.549 e. The van der Waals surface area contributed by atoms with Gasteiger partial charge < -0.3 is 14.3 Å². The molecule has 0 saturated heterocycles. The Morgan fingerprint density at radius 1 is 1.30 bits per heavy atom. The fourth-order valence-corrected chi connectivity index (χ4v) is 2.58. The van der Waals surface area contributed by atoms with Gasteiger partial charge in [-0.15, -0.1) is 10.2 Å². The zero-order valence-electron chi connectivity index (χ0n) is 12.4. The molecular weight excluding hydrogens is 327 g/mol. The zero-order valence-corrected chi connectivity index (χ0v) is 15.2. The van der Waals surface area contributed by atoms with Crippen molar-refractivity contribution in [1.29, 1.82) is 0 Å². The molecule has 0 aliphatic rings. The molecule has 0 aliphatic heterocycles. The van der Waals surface area contributed by atoms with Gasteiger partial charge in [0, 0.05) is 23.7 Å². The molecule has 3 rings (SSSR count). The molecule has 0 unspecified atom stereocenters. The third-order valence-corrected chi connectivity index (χ3v) is 3.79. The molecule has 0 saturated carbocycles. The smallest absolute Gasteiger partial charge is 0.549 e. The molecule has 9 heteroatoms. The van der Waals surface area contributed by atoms with Crippen molar-refractivity contribution < 1.29 is 43.9 Å². The summed E-state index contributed by atoms with van der Waals surface area (Å²) in [7, 11) is 0. The van der Waals surface area contributed by atoms with E-state index in [0.29, 0.717) is 17.5 Å². The Balaban J connectivity index is 0.00000192. The van der Waals surface area contributed by atoms with Crippen molar-refractivity contribution in [2.24, 2.45) is 0 Å². The van der Waals surface area contributed by atoms with Crippen molar-refractivity contribution in [3.05, 3.63) is 48.7 Å². The van der Waals surface area contributed by atoms with Gasteiger partial charge in [0.2, 0.25) is 0 Å². The molecular formula is C14H11N4NaO3S. The Bertz CT molecular complexity index is 762. The first-order valence-electron chi connectivity index (χ1n) is 6.42. The predicted molar refractivity (Wildman–Crippen MR) is 76.8 cm³/mol. The van der Waals surface area contributed by atoms with E-state index < -0.39 is 5.97 Å². The van der Waals surface area contributed by atoms with Gasteiger partial charge in [0.15, 0.2) is 11.0 Å². The summed E-state index contributed by atoms with van der Waals surface area (Å²) < 4.78 is 7.14. The molecule has 0 radical (unpaired) electrons. The number of hydrogen-bond acceptors (Lipinski definition) is 7.